The first-order valence-corrected chi connectivity index (χ1v) is 7.05. The number of nitrogens with zero attached hydrogens (tertiary/aromatic N) is 2. The summed E-state index contributed by atoms with van der Waals surface area (Å²) >= 11 is 0. The Morgan fingerprint density at radius 2 is 2.00 bits per heavy atom. The molecule has 100 valence electrons. The van der Waals surface area contributed by atoms with Gasteiger partial charge in [0.2, 0.25) is 0 Å². The van der Waals surface area contributed by atoms with Gasteiger partial charge in [0.15, 0.2) is 0 Å². The molecule has 1 heterocycles. The molecule has 1 aliphatic rings. The van der Waals surface area contributed by atoms with E-state index in [1.165, 1.54) is 38.5 Å². The van der Waals surface area contributed by atoms with Gasteiger partial charge in [0.05, 0.1) is 0 Å². The van der Waals surface area contributed by atoms with Gasteiger partial charge in [-0.25, -0.2) is 15.8 Å². The summed E-state index contributed by atoms with van der Waals surface area (Å²) in [6, 6.07) is 1.88. The third-order valence-corrected chi connectivity index (χ3v) is 3.93. The number of nitrogens with two attached hydrogens (primary N) is 1. The van der Waals surface area contributed by atoms with E-state index in [0.717, 1.165) is 23.3 Å². The van der Waals surface area contributed by atoms with Gasteiger partial charge in [0, 0.05) is 17.7 Å². The largest absolute Gasteiger partial charge is 0.308 e. The molecular weight excluding hydrogens is 224 g/mol. The van der Waals surface area contributed by atoms with E-state index in [9.17, 15) is 0 Å². The molecule has 4 nitrogen and oxygen atoms in total. The van der Waals surface area contributed by atoms with Crippen molar-refractivity contribution in [3.05, 3.63) is 17.6 Å². The van der Waals surface area contributed by atoms with Crippen LogP contribution in [0.1, 0.15) is 62.9 Å². The molecule has 0 aliphatic heterocycles. The van der Waals surface area contributed by atoms with Crippen LogP contribution in [-0.4, -0.2) is 9.97 Å². The Hall–Kier alpha value is -1.16. The molecule has 0 atom stereocenters. The van der Waals surface area contributed by atoms with Crippen LogP contribution in [-0.2, 0) is 0 Å². The van der Waals surface area contributed by atoms with Crippen LogP contribution in [0.5, 0.6) is 0 Å². The maximum absolute atomic E-state index is 5.44. The Labute approximate surface area is 109 Å². The maximum atomic E-state index is 5.44. The highest BCUT2D eigenvalue weighted by Gasteiger charge is 2.24. The first-order valence-electron chi connectivity index (χ1n) is 7.05. The average molecular weight is 248 g/mol. The summed E-state index contributed by atoms with van der Waals surface area (Å²) in [5.74, 6) is 8.58. The molecule has 0 radical (unpaired) electrons. The topological polar surface area (TPSA) is 63.8 Å². The van der Waals surface area contributed by atoms with Gasteiger partial charge in [0.25, 0.3) is 0 Å². The van der Waals surface area contributed by atoms with Crippen molar-refractivity contribution < 1.29 is 0 Å². The third kappa shape index (κ3) is 3.19. The van der Waals surface area contributed by atoms with Crippen LogP contribution in [0.4, 0.5) is 5.82 Å². The Morgan fingerprint density at radius 1 is 1.28 bits per heavy atom. The predicted molar refractivity (Wildman–Crippen MR) is 74.2 cm³/mol. The number of anilines is 1. The SMILES string of the molecule is CCCC1CCC(c2nc(C)cc(NN)n2)CC1. The second kappa shape index (κ2) is 6.14. The van der Waals surface area contributed by atoms with Gasteiger partial charge in [-0.1, -0.05) is 19.8 Å². The van der Waals surface area contributed by atoms with Crippen molar-refractivity contribution in [1.82, 2.24) is 9.97 Å². The third-order valence-electron chi connectivity index (χ3n) is 3.93. The number of nitrogens with one attached hydrogen (secondary N) is 1. The minimum absolute atomic E-state index is 0.519. The lowest BCUT2D eigenvalue weighted by Crippen LogP contribution is -2.17. The highest BCUT2D eigenvalue weighted by Crippen LogP contribution is 2.36. The fraction of sp³-hybridized carbons (Fsp3) is 0.714. The quantitative estimate of drug-likeness (QED) is 0.634. The summed E-state index contributed by atoms with van der Waals surface area (Å²) in [5, 5.41) is 0. The van der Waals surface area contributed by atoms with Crippen LogP contribution < -0.4 is 11.3 Å². The van der Waals surface area contributed by atoms with Gasteiger partial charge in [-0.2, -0.15) is 0 Å². The lowest BCUT2D eigenvalue weighted by atomic mass is 9.80. The van der Waals surface area contributed by atoms with E-state index in [4.69, 9.17) is 5.84 Å². The number of aryl methyl sites for hydroxylation is 1. The zero-order valence-electron chi connectivity index (χ0n) is 11.4. The highest BCUT2D eigenvalue weighted by molar-refractivity contribution is 5.34. The van der Waals surface area contributed by atoms with Crippen LogP contribution in [0, 0.1) is 12.8 Å². The number of hydrogen-bond donors (Lipinski definition) is 2. The molecule has 1 aromatic rings. The van der Waals surface area contributed by atoms with Gasteiger partial charge >= 0.3 is 0 Å². The minimum atomic E-state index is 0.519. The van der Waals surface area contributed by atoms with E-state index in [1.54, 1.807) is 0 Å². The average Bonchev–Trinajstić information content (AvgIpc) is 2.39. The van der Waals surface area contributed by atoms with Crippen molar-refractivity contribution in [3.8, 4) is 0 Å². The van der Waals surface area contributed by atoms with E-state index in [0.29, 0.717) is 5.92 Å². The molecule has 3 N–H and O–H groups in total. The van der Waals surface area contributed by atoms with Gasteiger partial charge < -0.3 is 5.43 Å². The smallest absolute Gasteiger partial charge is 0.143 e. The Bertz CT molecular complexity index is 383. The Kier molecular flexibility index (Phi) is 4.53. The number of aromatic nitrogens is 2. The first-order chi connectivity index (χ1) is 8.72. The van der Waals surface area contributed by atoms with Gasteiger partial charge in [0.1, 0.15) is 11.6 Å². The molecule has 1 aromatic heterocycles. The second-order valence-corrected chi connectivity index (χ2v) is 5.40. The predicted octanol–water partition coefficient (Wildman–Crippen LogP) is 3.14. The number of rotatable bonds is 4. The lowest BCUT2D eigenvalue weighted by Gasteiger charge is -2.27. The number of hydrazine groups is 1. The summed E-state index contributed by atoms with van der Waals surface area (Å²) in [6.07, 6.45) is 7.76. The van der Waals surface area contributed by atoms with Crippen LogP contribution in [0.2, 0.25) is 0 Å². The molecule has 18 heavy (non-hydrogen) atoms. The van der Waals surface area contributed by atoms with Crippen molar-refractivity contribution in [3.63, 3.8) is 0 Å². The van der Waals surface area contributed by atoms with Crippen molar-refractivity contribution in [2.24, 2.45) is 11.8 Å². The van der Waals surface area contributed by atoms with Gasteiger partial charge in [-0.3, -0.25) is 0 Å². The van der Waals surface area contributed by atoms with Crippen molar-refractivity contribution >= 4 is 5.82 Å². The molecular formula is C14H24N4. The zero-order chi connectivity index (χ0) is 13.0. The molecule has 0 unspecified atom stereocenters. The van der Waals surface area contributed by atoms with Crippen LogP contribution in [0.25, 0.3) is 0 Å². The summed E-state index contributed by atoms with van der Waals surface area (Å²) in [4.78, 5) is 9.07. The molecule has 4 heteroatoms. The molecule has 0 aromatic carbocycles. The van der Waals surface area contributed by atoms with E-state index in [1.807, 2.05) is 13.0 Å². The van der Waals surface area contributed by atoms with E-state index in [2.05, 4.69) is 22.3 Å². The summed E-state index contributed by atoms with van der Waals surface area (Å²) in [6.45, 7) is 4.27. The standard InChI is InChI=1S/C14H24N4/c1-3-4-11-5-7-12(8-6-11)14-16-10(2)9-13(17-14)18-15/h9,11-12H,3-8,15H2,1-2H3,(H,16,17,18). The number of nitrogen functional groups attached to an aromatic ring is 1. The fourth-order valence-electron chi connectivity index (χ4n) is 2.97. The maximum Gasteiger partial charge on any atom is 0.143 e. The van der Waals surface area contributed by atoms with E-state index in [-0.39, 0.29) is 0 Å². The van der Waals surface area contributed by atoms with Crippen molar-refractivity contribution in [2.75, 3.05) is 5.43 Å². The van der Waals surface area contributed by atoms with Crippen molar-refractivity contribution in [2.45, 2.75) is 58.3 Å². The van der Waals surface area contributed by atoms with Crippen LogP contribution in [0.3, 0.4) is 0 Å². The van der Waals surface area contributed by atoms with E-state index >= 15 is 0 Å². The molecule has 1 fully saturated rings. The summed E-state index contributed by atoms with van der Waals surface area (Å²) in [7, 11) is 0. The lowest BCUT2D eigenvalue weighted by molar-refractivity contribution is 0.302. The molecule has 2 rings (SSSR count). The highest BCUT2D eigenvalue weighted by atomic mass is 15.3. The Balaban J connectivity index is 2.02. The van der Waals surface area contributed by atoms with Gasteiger partial charge in [-0.15, -0.1) is 0 Å². The minimum Gasteiger partial charge on any atom is -0.308 e. The van der Waals surface area contributed by atoms with Crippen LogP contribution in [0.15, 0.2) is 6.07 Å². The Morgan fingerprint density at radius 3 is 2.61 bits per heavy atom. The molecule has 0 spiro atoms. The molecule has 1 aliphatic carbocycles. The molecule has 0 amide bonds. The molecule has 0 bridgehead atoms. The van der Waals surface area contributed by atoms with Crippen molar-refractivity contribution in [1.29, 1.82) is 0 Å². The summed E-state index contributed by atoms with van der Waals surface area (Å²) in [5.41, 5.74) is 3.61. The van der Waals surface area contributed by atoms with Gasteiger partial charge in [-0.05, 0) is 38.5 Å². The molecule has 0 saturated heterocycles. The number of hydrogen-bond acceptors (Lipinski definition) is 4. The first kappa shape index (κ1) is 13.3. The second-order valence-electron chi connectivity index (χ2n) is 5.40. The summed E-state index contributed by atoms with van der Waals surface area (Å²) < 4.78 is 0. The zero-order valence-corrected chi connectivity index (χ0v) is 11.4. The monoisotopic (exact) mass is 248 g/mol. The van der Waals surface area contributed by atoms with E-state index < -0.39 is 0 Å². The van der Waals surface area contributed by atoms with Crippen LogP contribution >= 0.6 is 0 Å². The molecule has 1 saturated carbocycles. The fourth-order valence-corrected chi connectivity index (χ4v) is 2.97. The normalized spacial score (nSPS) is 23.9.